The van der Waals surface area contributed by atoms with Gasteiger partial charge in [-0.2, -0.15) is 0 Å². The van der Waals surface area contributed by atoms with Crippen LogP contribution in [0.4, 0.5) is 0 Å². The van der Waals surface area contributed by atoms with E-state index < -0.39 is 12.0 Å². The van der Waals surface area contributed by atoms with E-state index in [-0.39, 0.29) is 17.7 Å². The van der Waals surface area contributed by atoms with Crippen molar-refractivity contribution in [3.05, 3.63) is 115 Å². The molecule has 1 aliphatic rings. The van der Waals surface area contributed by atoms with E-state index in [0.717, 1.165) is 11.1 Å². The van der Waals surface area contributed by atoms with Gasteiger partial charge < -0.3 is 18.9 Å². The van der Waals surface area contributed by atoms with E-state index in [2.05, 4.69) is 0 Å². The maximum absolute atomic E-state index is 14.1. The number of aromatic nitrogens is 1. The summed E-state index contributed by atoms with van der Waals surface area (Å²) < 4.78 is 24.4. The minimum Gasteiger partial charge on any atom is -0.493 e. The zero-order valence-corrected chi connectivity index (χ0v) is 24.1. The highest BCUT2D eigenvalue weighted by atomic mass is 32.1. The second kappa shape index (κ2) is 12.3. The number of rotatable bonds is 9. The lowest BCUT2D eigenvalue weighted by molar-refractivity contribution is -0.138. The number of benzene rings is 3. The average molecular weight is 571 g/mol. The van der Waals surface area contributed by atoms with Crippen LogP contribution in [0.2, 0.25) is 0 Å². The molecule has 210 valence electrons. The number of fused-ring (bicyclic) bond motifs is 1. The van der Waals surface area contributed by atoms with Crippen molar-refractivity contribution in [3.8, 4) is 17.2 Å². The topological polar surface area (TPSA) is 88.4 Å². The van der Waals surface area contributed by atoms with Gasteiger partial charge in [-0.25, -0.2) is 9.79 Å². The maximum atomic E-state index is 14.1. The van der Waals surface area contributed by atoms with Crippen LogP contribution < -0.4 is 29.1 Å². The second-order valence-corrected chi connectivity index (χ2v) is 10.0. The Balaban J connectivity index is 1.84. The largest absolute Gasteiger partial charge is 0.493 e. The van der Waals surface area contributed by atoms with Crippen molar-refractivity contribution < 1.29 is 23.7 Å². The standard InChI is InChI=1S/C32H30N2O6S/c1-5-39-23-15-11-10-14-21(23)19-26-30(35)34-29(22-16-17-24(37-3)25(18-22)38-4)27(31(36)40-6-2)28(33-32(34)41-26)20-12-8-7-9-13-20/h7-19,29H,5-6H2,1-4H3/b26-19-/t29-/m0/s1. The van der Waals surface area contributed by atoms with Gasteiger partial charge in [0, 0.05) is 11.1 Å². The molecule has 0 unspecified atom stereocenters. The van der Waals surface area contributed by atoms with E-state index in [1.165, 1.54) is 11.3 Å². The Bertz CT molecular complexity index is 1790. The van der Waals surface area contributed by atoms with Crippen LogP contribution in [0.5, 0.6) is 17.2 Å². The summed E-state index contributed by atoms with van der Waals surface area (Å²) in [7, 11) is 3.10. The lowest BCUT2D eigenvalue weighted by Gasteiger charge is -2.26. The molecule has 0 amide bonds. The van der Waals surface area contributed by atoms with E-state index in [0.29, 0.717) is 44.4 Å². The first-order valence-corrected chi connectivity index (χ1v) is 14.0. The number of carbonyl (C=O) groups is 1. The molecule has 0 saturated heterocycles. The van der Waals surface area contributed by atoms with Gasteiger partial charge in [0.05, 0.1) is 49.3 Å². The highest BCUT2D eigenvalue weighted by molar-refractivity contribution is 7.07. The average Bonchev–Trinajstić information content (AvgIpc) is 3.31. The number of carbonyl (C=O) groups excluding carboxylic acids is 1. The van der Waals surface area contributed by atoms with Crippen LogP contribution in [0, 0.1) is 0 Å². The second-order valence-electron chi connectivity index (χ2n) is 9.02. The van der Waals surface area contributed by atoms with Crippen molar-refractivity contribution in [2.45, 2.75) is 19.9 Å². The molecule has 0 N–H and O–H groups in total. The lowest BCUT2D eigenvalue weighted by Crippen LogP contribution is -2.40. The van der Waals surface area contributed by atoms with Gasteiger partial charge in [0.15, 0.2) is 16.3 Å². The SMILES string of the molecule is CCOC(=O)C1=C(c2ccccc2)N=c2s/c(=C\c3ccccc3OCC)c(=O)n2[C@H]1c1ccc(OC)c(OC)c1. The van der Waals surface area contributed by atoms with Crippen molar-refractivity contribution in [3.63, 3.8) is 0 Å². The van der Waals surface area contributed by atoms with Crippen LogP contribution in [0.3, 0.4) is 0 Å². The quantitative estimate of drug-likeness (QED) is 0.278. The predicted molar refractivity (Wildman–Crippen MR) is 158 cm³/mol. The molecule has 9 heteroatoms. The molecular weight excluding hydrogens is 540 g/mol. The number of methoxy groups -OCH3 is 2. The van der Waals surface area contributed by atoms with E-state index in [9.17, 15) is 9.59 Å². The first-order valence-electron chi connectivity index (χ1n) is 13.2. The zero-order valence-electron chi connectivity index (χ0n) is 23.2. The summed E-state index contributed by atoms with van der Waals surface area (Å²) in [5.41, 5.74) is 2.59. The third-order valence-electron chi connectivity index (χ3n) is 6.60. The molecule has 5 rings (SSSR count). The smallest absolute Gasteiger partial charge is 0.338 e. The highest BCUT2D eigenvalue weighted by Gasteiger charge is 2.35. The number of hydrogen-bond donors (Lipinski definition) is 0. The van der Waals surface area contributed by atoms with Crippen LogP contribution in [0.1, 0.15) is 36.6 Å². The van der Waals surface area contributed by atoms with Gasteiger partial charge in [-0.15, -0.1) is 0 Å². The first-order chi connectivity index (χ1) is 20.0. The van der Waals surface area contributed by atoms with Crippen LogP contribution >= 0.6 is 11.3 Å². The molecule has 1 aromatic heterocycles. The van der Waals surface area contributed by atoms with Crippen molar-refractivity contribution >= 4 is 29.1 Å². The van der Waals surface area contributed by atoms with Crippen molar-refractivity contribution in [2.24, 2.45) is 4.99 Å². The summed E-state index contributed by atoms with van der Waals surface area (Å²) in [4.78, 5) is 33.1. The molecule has 0 spiro atoms. The minimum absolute atomic E-state index is 0.168. The van der Waals surface area contributed by atoms with Gasteiger partial charge in [-0.3, -0.25) is 9.36 Å². The van der Waals surface area contributed by atoms with Crippen LogP contribution in [0.25, 0.3) is 11.8 Å². The molecule has 0 bridgehead atoms. The molecule has 0 fully saturated rings. The van der Waals surface area contributed by atoms with E-state index in [1.807, 2.05) is 67.6 Å². The normalized spacial score (nSPS) is 14.7. The molecule has 8 nitrogen and oxygen atoms in total. The Morgan fingerprint density at radius 2 is 1.66 bits per heavy atom. The molecular formula is C32H30N2O6S. The molecule has 41 heavy (non-hydrogen) atoms. The van der Waals surface area contributed by atoms with Crippen molar-refractivity contribution in [2.75, 3.05) is 27.4 Å². The summed E-state index contributed by atoms with van der Waals surface area (Å²) in [6.07, 6.45) is 1.80. The zero-order chi connectivity index (χ0) is 28.9. The Kier molecular flexibility index (Phi) is 8.35. The Labute approximate surface area is 241 Å². The third-order valence-corrected chi connectivity index (χ3v) is 7.59. The molecule has 1 aliphatic heterocycles. The van der Waals surface area contributed by atoms with Gasteiger partial charge in [0.1, 0.15) is 5.75 Å². The number of esters is 1. The van der Waals surface area contributed by atoms with Gasteiger partial charge in [-0.05, 0) is 43.7 Å². The van der Waals surface area contributed by atoms with Crippen LogP contribution in [-0.4, -0.2) is 38.0 Å². The lowest BCUT2D eigenvalue weighted by atomic mass is 9.93. The predicted octanol–water partition coefficient (Wildman–Crippen LogP) is 4.35. The van der Waals surface area contributed by atoms with Gasteiger partial charge in [0.2, 0.25) is 0 Å². The summed E-state index contributed by atoms with van der Waals surface area (Å²) in [5.74, 6) is 1.13. The van der Waals surface area contributed by atoms with Gasteiger partial charge in [0.25, 0.3) is 5.56 Å². The monoisotopic (exact) mass is 570 g/mol. The highest BCUT2D eigenvalue weighted by Crippen LogP contribution is 2.38. The van der Waals surface area contributed by atoms with E-state index in [4.69, 9.17) is 23.9 Å². The fourth-order valence-electron chi connectivity index (χ4n) is 4.81. The Morgan fingerprint density at radius 1 is 0.927 bits per heavy atom. The number of thiazole rings is 1. The van der Waals surface area contributed by atoms with E-state index in [1.54, 1.807) is 43.9 Å². The number of para-hydroxylation sites is 1. The summed E-state index contributed by atoms with van der Waals surface area (Å²) in [5, 5.41) is 0. The fourth-order valence-corrected chi connectivity index (χ4v) is 5.80. The summed E-state index contributed by atoms with van der Waals surface area (Å²) >= 11 is 1.26. The van der Waals surface area contributed by atoms with E-state index >= 15 is 0 Å². The number of ether oxygens (including phenoxy) is 4. The van der Waals surface area contributed by atoms with Crippen LogP contribution in [0.15, 0.2) is 88.2 Å². The summed E-state index contributed by atoms with van der Waals surface area (Å²) in [6, 6.07) is 21.5. The molecule has 0 radical (unpaired) electrons. The number of hydrogen-bond acceptors (Lipinski definition) is 8. The molecule has 4 aromatic rings. The Hall–Kier alpha value is -4.63. The van der Waals surface area contributed by atoms with Gasteiger partial charge in [-0.1, -0.05) is 65.9 Å². The molecule has 0 saturated carbocycles. The molecule has 2 heterocycles. The minimum atomic E-state index is -0.829. The molecule has 3 aromatic carbocycles. The molecule has 1 atom stereocenters. The van der Waals surface area contributed by atoms with Crippen molar-refractivity contribution in [1.82, 2.24) is 4.57 Å². The molecule has 0 aliphatic carbocycles. The first kappa shape index (κ1) is 27.9. The third kappa shape index (κ3) is 5.40. The Morgan fingerprint density at radius 3 is 2.37 bits per heavy atom. The van der Waals surface area contributed by atoms with Crippen molar-refractivity contribution in [1.29, 1.82) is 0 Å². The fraction of sp³-hybridized carbons (Fsp3) is 0.219. The van der Waals surface area contributed by atoms with Gasteiger partial charge >= 0.3 is 5.97 Å². The summed E-state index contributed by atoms with van der Waals surface area (Å²) in [6.45, 7) is 4.32. The maximum Gasteiger partial charge on any atom is 0.338 e. The van der Waals surface area contributed by atoms with Crippen LogP contribution in [-0.2, 0) is 9.53 Å². The number of nitrogens with zero attached hydrogens (tertiary/aromatic N) is 2.